The summed E-state index contributed by atoms with van der Waals surface area (Å²) in [5.41, 5.74) is 3.01. The number of thiazole rings is 1. The Hall–Kier alpha value is -3.06. The van der Waals surface area contributed by atoms with E-state index in [2.05, 4.69) is 26.4 Å². The number of para-hydroxylation sites is 1. The van der Waals surface area contributed by atoms with Crippen LogP contribution >= 0.6 is 11.3 Å². The Morgan fingerprint density at radius 3 is 2.73 bits per heavy atom. The summed E-state index contributed by atoms with van der Waals surface area (Å²) in [5, 5.41) is 7.98. The minimum atomic E-state index is -0.0422. The van der Waals surface area contributed by atoms with E-state index in [-0.39, 0.29) is 5.91 Å². The lowest BCUT2D eigenvalue weighted by Gasteiger charge is -2.06. The van der Waals surface area contributed by atoms with E-state index in [0.29, 0.717) is 13.0 Å². The van der Waals surface area contributed by atoms with Gasteiger partial charge in [0.15, 0.2) is 0 Å². The van der Waals surface area contributed by atoms with Crippen LogP contribution in [0.15, 0.2) is 61.2 Å². The van der Waals surface area contributed by atoms with E-state index in [9.17, 15) is 4.79 Å². The maximum absolute atomic E-state index is 12.0. The molecule has 0 aliphatic heterocycles. The van der Waals surface area contributed by atoms with Gasteiger partial charge in [-0.2, -0.15) is 5.10 Å². The largest absolute Gasteiger partial charge is 0.326 e. The molecule has 2 aromatic carbocycles. The molecule has 0 aliphatic rings. The van der Waals surface area contributed by atoms with Crippen LogP contribution in [0.2, 0.25) is 0 Å². The van der Waals surface area contributed by atoms with Crippen LogP contribution < -0.4 is 5.32 Å². The summed E-state index contributed by atoms with van der Waals surface area (Å²) in [4.78, 5) is 20.5. The van der Waals surface area contributed by atoms with Crippen molar-refractivity contribution in [3.63, 3.8) is 0 Å². The molecule has 0 saturated carbocycles. The first-order chi connectivity index (χ1) is 12.8. The highest BCUT2D eigenvalue weighted by molar-refractivity contribution is 7.18. The molecule has 7 heteroatoms. The number of hydrogen-bond acceptors (Lipinski definition) is 5. The second-order valence-corrected chi connectivity index (χ2v) is 7.02. The highest BCUT2D eigenvalue weighted by Gasteiger charge is 2.06. The average molecular weight is 363 g/mol. The van der Waals surface area contributed by atoms with E-state index in [1.165, 1.54) is 16.6 Å². The van der Waals surface area contributed by atoms with E-state index in [1.54, 1.807) is 22.3 Å². The van der Waals surface area contributed by atoms with Crippen LogP contribution in [0.4, 0.5) is 5.69 Å². The Morgan fingerprint density at radius 1 is 1.12 bits per heavy atom. The number of fused-ring (bicyclic) bond motifs is 1. The van der Waals surface area contributed by atoms with Crippen LogP contribution in [0, 0.1) is 0 Å². The van der Waals surface area contributed by atoms with Crippen LogP contribution in [0.1, 0.15) is 17.0 Å². The van der Waals surface area contributed by atoms with Crippen LogP contribution in [-0.4, -0.2) is 25.7 Å². The molecule has 130 valence electrons. The second-order valence-electron chi connectivity index (χ2n) is 5.91. The third-order valence-electron chi connectivity index (χ3n) is 3.97. The van der Waals surface area contributed by atoms with Gasteiger partial charge in [-0.3, -0.25) is 9.48 Å². The van der Waals surface area contributed by atoms with Gasteiger partial charge in [-0.25, -0.2) is 9.97 Å². The van der Waals surface area contributed by atoms with Gasteiger partial charge in [0.25, 0.3) is 0 Å². The van der Waals surface area contributed by atoms with E-state index in [1.807, 2.05) is 42.5 Å². The summed E-state index contributed by atoms with van der Waals surface area (Å²) >= 11 is 1.72. The van der Waals surface area contributed by atoms with Crippen molar-refractivity contribution in [2.45, 2.75) is 19.4 Å². The van der Waals surface area contributed by atoms with Crippen molar-refractivity contribution in [1.82, 2.24) is 19.7 Å². The number of nitrogens with zero attached hydrogens (tertiary/aromatic N) is 4. The zero-order valence-electron chi connectivity index (χ0n) is 14.0. The number of rotatable bonds is 6. The Kier molecular flexibility index (Phi) is 4.70. The Bertz CT molecular complexity index is 975. The molecule has 2 aromatic heterocycles. The van der Waals surface area contributed by atoms with Crippen molar-refractivity contribution in [2.24, 2.45) is 0 Å². The number of carbonyl (C=O) groups excluding carboxylic acids is 1. The summed E-state index contributed by atoms with van der Waals surface area (Å²) in [6, 6.07) is 16.1. The minimum absolute atomic E-state index is 0.0422. The van der Waals surface area contributed by atoms with Gasteiger partial charge in [0, 0.05) is 18.5 Å². The Labute approximate surface area is 154 Å². The predicted molar refractivity (Wildman–Crippen MR) is 102 cm³/mol. The third kappa shape index (κ3) is 3.94. The van der Waals surface area contributed by atoms with E-state index < -0.39 is 0 Å². The van der Waals surface area contributed by atoms with Crippen molar-refractivity contribution in [2.75, 3.05) is 5.32 Å². The quantitative estimate of drug-likeness (QED) is 0.569. The number of aryl methyl sites for hydroxylation is 1. The number of benzene rings is 2. The van der Waals surface area contributed by atoms with E-state index in [0.717, 1.165) is 22.6 Å². The summed E-state index contributed by atoms with van der Waals surface area (Å²) in [6.45, 7) is 0.515. The molecular weight excluding hydrogens is 346 g/mol. The molecule has 2 heterocycles. The lowest BCUT2D eigenvalue weighted by molar-refractivity contribution is -0.116. The van der Waals surface area contributed by atoms with Gasteiger partial charge in [-0.15, -0.1) is 11.3 Å². The molecule has 0 bridgehead atoms. The maximum Gasteiger partial charge on any atom is 0.226 e. The van der Waals surface area contributed by atoms with Gasteiger partial charge < -0.3 is 5.32 Å². The molecule has 0 saturated heterocycles. The van der Waals surface area contributed by atoms with Crippen molar-refractivity contribution < 1.29 is 4.79 Å². The lowest BCUT2D eigenvalue weighted by Crippen LogP contribution is -2.14. The minimum Gasteiger partial charge on any atom is -0.326 e. The molecule has 1 amide bonds. The highest BCUT2D eigenvalue weighted by atomic mass is 32.1. The van der Waals surface area contributed by atoms with E-state index in [4.69, 9.17) is 0 Å². The molecule has 0 aliphatic carbocycles. The Balaban J connectivity index is 1.34. The molecule has 0 atom stereocenters. The molecule has 0 fully saturated rings. The van der Waals surface area contributed by atoms with E-state index >= 15 is 0 Å². The van der Waals surface area contributed by atoms with Crippen molar-refractivity contribution in [3.8, 4) is 0 Å². The molecule has 4 rings (SSSR count). The van der Waals surface area contributed by atoms with Gasteiger partial charge in [0.2, 0.25) is 5.91 Å². The number of hydrogen-bond donors (Lipinski definition) is 1. The first kappa shape index (κ1) is 16.4. The fraction of sp³-hybridized carbons (Fsp3) is 0.158. The summed E-state index contributed by atoms with van der Waals surface area (Å²) < 4.78 is 2.85. The molecule has 26 heavy (non-hydrogen) atoms. The van der Waals surface area contributed by atoms with Gasteiger partial charge in [-0.05, 0) is 29.8 Å². The number of amides is 1. The fourth-order valence-corrected chi connectivity index (χ4v) is 3.67. The van der Waals surface area contributed by atoms with Crippen molar-refractivity contribution in [1.29, 1.82) is 0 Å². The normalized spacial score (nSPS) is 10.9. The number of aromatic nitrogens is 4. The zero-order valence-corrected chi connectivity index (χ0v) is 14.8. The SMILES string of the molecule is O=C(CCn1cncn1)Nc1ccc(Cc2nc3ccccc3s2)cc1. The highest BCUT2D eigenvalue weighted by Crippen LogP contribution is 2.24. The van der Waals surface area contributed by atoms with Crippen molar-refractivity contribution in [3.05, 3.63) is 71.8 Å². The summed E-state index contributed by atoms with van der Waals surface area (Å²) in [5.74, 6) is -0.0422. The lowest BCUT2D eigenvalue weighted by atomic mass is 10.1. The van der Waals surface area contributed by atoms with Crippen LogP contribution in [-0.2, 0) is 17.8 Å². The topological polar surface area (TPSA) is 72.7 Å². The van der Waals surface area contributed by atoms with Gasteiger partial charge in [0.1, 0.15) is 12.7 Å². The van der Waals surface area contributed by atoms with Gasteiger partial charge in [0.05, 0.1) is 21.8 Å². The van der Waals surface area contributed by atoms with Crippen LogP contribution in [0.3, 0.4) is 0 Å². The average Bonchev–Trinajstić information content (AvgIpc) is 3.30. The maximum atomic E-state index is 12.0. The number of carbonyl (C=O) groups is 1. The molecule has 0 radical (unpaired) electrons. The number of nitrogens with one attached hydrogen (secondary N) is 1. The molecule has 4 aromatic rings. The Morgan fingerprint density at radius 2 is 1.96 bits per heavy atom. The molecule has 1 N–H and O–H groups in total. The first-order valence-corrected chi connectivity index (χ1v) is 9.13. The predicted octanol–water partition coefficient (Wildman–Crippen LogP) is 3.51. The smallest absolute Gasteiger partial charge is 0.226 e. The number of anilines is 1. The van der Waals surface area contributed by atoms with Gasteiger partial charge in [-0.1, -0.05) is 24.3 Å². The standard InChI is InChI=1S/C19H17N5OS/c25-18(9-10-24-13-20-12-21-24)22-15-7-5-14(6-8-15)11-19-23-16-3-1-2-4-17(16)26-19/h1-8,12-13H,9-11H2,(H,22,25). The summed E-state index contributed by atoms with van der Waals surface area (Å²) in [7, 11) is 0. The monoisotopic (exact) mass is 363 g/mol. The molecule has 6 nitrogen and oxygen atoms in total. The first-order valence-electron chi connectivity index (χ1n) is 8.32. The second kappa shape index (κ2) is 7.45. The molecular formula is C19H17N5OS. The summed E-state index contributed by atoms with van der Waals surface area (Å²) in [6.07, 6.45) is 4.21. The van der Waals surface area contributed by atoms with Gasteiger partial charge >= 0.3 is 0 Å². The zero-order chi connectivity index (χ0) is 17.8. The van der Waals surface area contributed by atoms with Crippen LogP contribution in [0.25, 0.3) is 10.2 Å². The third-order valence-corrected chi connectivity index (χ3v) is 5.00. The van der Waals surface area contributed by atoms with Crippen molar-refractivity contribution >= 4 is 33.1 Å². The molecule has 0 unspecified atom stereocenters. The fourth-order valence-electron chi connectivity index (χ4n) is 2.66. The van der Waals surface area contributed by atoms with Crippen LogP contribution in [0.5, 0.6) is 0 Å². The molecule has 0 spiro atoms.